The van der Waals surface area contributed by atoms with Crippen molar-refractivity contribution in [2.75, 3.05) is 39.6 Å². The molecule has 5 unspecified atom stereocenters. The lowest BCUT2D eigenvalue weighted by Crippen LogP contribution is -2.30. The first-order valence-electron chi connectivity index (χ1n) is 41.5. The number of allylic oxidation sites excluding steroid dienone is 10. The van der Waals surface area contributed by atoms with E-state index in [1.807, 2.05) is 0 Å². The third-order valence-electron chi connectivity index (χ3n) is 17.9. The zero-order chi connectivity index (χ0) is 74.6. The molecule has 0 heterocycles. The molecule has 0 bridgehead atoms. The van der Waals surface area contributed by atoms with Crippen LogP contribution in [0.4, 0.5) is 0 Å². The number of phosphoric ester groups is 2. The van der Waals surface area contributed by atoms with E-state index in [1.54, 1.807) is 0 Å². The van der Waals surface area contributed by atoms with E-state index in [4.69, 9.17) is 37.0 Å². The van der Waals surface area contributed by atoms with Crippen LogP contribution in [0.25, 0.3) is 0 Å². The number of aliphatic hydroxyl groups is 1. The van der Waals surface area contributed by atoms with Crippen LogP contribution in [0.5, 0.6) is 0 Å². The fraction of sp³-hybridized carbons (Fsp3) is 0.831. The molecule has 0 aromatic carbocycles. The van der Waals surface area contributed by atoms with Gasteiger partial charge >= 0.3 is 39.5 Å². The van der Waals surface area contributed by atoms with Crippen molar-refractivity contribution in [2.24, 2.45) is 0 Å². The lowest BCUT2D eigenvalue weighted by molar-refractivity contribution is -0.161. The first kappa shape index (κ1) is 98.8. The van der Waals surface area contributed by atoms with Crippen molar-refractivity contribution in [3.05, 3.63) is 60.8 Å². The predicted octanol–water partition coefficient (Wildman–Crippen LogP) is 24.2. The van der Waals surface area contributed by atoms with E-state index in [9.17, 15) is 43.2 Å². The van der Waals surface area contributed by atoms with Gasteiger partial charge in [-0.3, -0.25) is 37.3 Å². The molecule has 0 aliphatic rings. The van der Waals surface area contributed by atoms with Gasteiger partial charge in [-0.2, -0.15) is 0 Å². The molecule has 0 rings (SSSR count). The lowest BCUT2D eigenvalue weighted by atomic mass is 10.1. The van der Waals surface area contributed by atoms with Gasteiger partial charge in [0.1, 0.15) is 19.3 Å². The Morgan fingerprint density at radius 2 is 0.480 bits per heavy atom. The highest BCUT2D eigenvalue weighted by Crippen LogP contribution is 2.45. The molecule has 0 saturated carbocycles. The standard InChI is InChI=1S/C83H152O17P2/c1-5-9-13-17-21-25-29-33-37-38-42-44-48-52-56-60-64-68-81(86)94-74-79(100-83(88)70-66-62-58-54-50-46-41-36-32-28-24-20-16-12-8-4)76-98-102(91,92)96-72-77(84)71-95-101(89,90)97-75-78(99-82(87)69-65-61-57-53-49-45-40-35-31-27-23-19-15-11-7-3)73-93-80(85)67-63-59-55-51-47-43-39-34-30-26-22-18-14-10-6-2/h24,28,33-37,39-41,77-79,84H,5-23,25-27,29-32,38,42-76H2,1-4H3,(H,89,90)(H,91,92). The number of rotatable bonds is 79. The lowest BCUT2D eigenvalue weighted by Gasteiger charge is -2.21. The summed E-state index contributed by atoms with van der Waals surface area (Å²) in [5.74, 6) is -2.18. The SMILES string of the molecule is CCCCCC=CCC=CCCCCCCCC(=O)OC(COC(=O)CCCCCCCCCC=CCCCCCCCC)COP(=O)(O)OCC(O)COP(=O)(O)OCC(COC(=O)CCCCCCCC=CCCCCCCCC)OC(=O)CCCCCCCC=CCCCCCCCC. The average Bonchev–Trinajstić information content (AvgIpc) is 0.919. The molecule has 0 spiro atoms. The van der Waals surface area contributed by atoms with Gasteiger partial charge in [-0.15, -0.1) is 0 Å². The number of phosphoric acid groups is 2. The van der Waals surface area contributed by atoms with Gasteiger partial charge in [-0.25, -0.2) is 9.13 Å². The van der Waals surface area contributed by atoms with E-state index in [1.165, 1.54) is 154 Å². The third kappa shape index (κ3) is 75.0. The zero-order valence-corrected chi connectivity index (χ0v) is 67.1. The maximum absolute atomic E-state index is 13.1. The van der Waals surface area contributed by atoms with Crippen LogP contribution in [0.15, 0.2) is 60.8 Å². The Morgan fingerprint density at radius 3 is 0.755 bits per heavy atom. The van der Waals surface area contributed by atoms with E-state index < -0.39 is 97.5 Å². The van der Waals surface area contributed by atoms with Crippen LogP contribution in [0.2, 0.25) is 0 Å². The molecule has 19 heteroatoms. The highest BCUT2D eigenvalue weighted by Gasteiger charge is 2.30. The summed E-state index contributed by atoms with van der Waals surface area (Å²) in [5.41, 5.74) is 0. The number of esters is 4. The highest BCUT2D eigenvalue weighted by molar-refractivity contribution is 7.47. The summed E-state index contributed by atoms with van der Waals surface area (Å²) in [4.78, 5) is 73.1. The summed E-state index contributed by atoms with van der Waals surface area (Å²) in [5, 5.41) is 10.6. The molecule has 3 N–H and O–H groups in total. The fourth-order valence-corrected chi connectivity index (χ4v) is 13.1. The van der Waals surface area contributed by atoms with Crippen molar-refractivity contribution in [1.82, 2.24) is 0 Å². The molecule has 0 fully saturated rings. The van der Waals surface area contributed by atoms with Gasteiger partial charge in [0.25, 0.3) is 0 Å². The van der Waals surface area contributed by atoms with Crippen molar-refractivity contribution >= 4 is 39.5 Å². The number of aliphatic hydroxyl groups excluding tert-OH is 1. The van der Waals surface area contributed by atoms with Gasteiger partial charge < -0.3 is 33.8 Å². The Labute approximate surface area is 622 Å². The van der Waals surface area contributed by atoms with Crippen molar-refractivity contribution in [1.29, 1.82) is 0 Å². The number of carbonyl (C=O) groups excluding carboxylic acids is 4. The van der Waals surface area contributed by atoms with Gasteiger partial charge in [0, 0.05) is 25.7 Å². The van der Waals surface area contributed by atoms with Crippen molar-refractivity contribution < 1.29 is 80.2 Å². The number of hydrogen-bond donors (Lipinski definition) is 3. The number of ether oxygens (including phenoxy) is 4. The van der Waals surface area contributed by atoms with Crippen LogP contribution < -0.4 is 0 Å². The quantitative estimate of drug-likeness (QED) is 0.0169. The largest absolute Gasteiger partial charge is 0.472 e. The molecule has 5 atom stereocenters. The summed E-state index contributed by atoms with van der Waals surface area (Å²) in [6.07, 6.45) is 76.1. The molecular weight excluding hydrogens is 1330 g/mol. The van der Waals surface area contributed by atoms with Gasteiger partial charge in [-0.05, 0) is 135 Å². The molecule has 102 heavy (non-hydrogen) atoms. The second kappa shape index (κ2) is 76.0. The monoisotopic (exact) mass is 1480 g/mol. The zero-order valence-electron chi connectivity index (χ0n) is 65.3. The average molecular weight is 1480 g/mol. The Bertz CT molecular complexity index is 2170. The van der Waals surface area contributed by atoms with E-state index in [-0.39, 0.29) is 25.7 Å². The Kier molecular flexibility index (Phi) is 73.6. The first-order valence-corrected chi connectivity index (χ1v) is 44.5. The summed E-state index contributed by atoms with van der Waals surface area (Å²) < 4.78 is 68.7. The van der Waals surface area contributed by atoms with Gasteiger partial charge in [0.15, 0.2) is 12.2 Å². The molecule has 0 aromatic heterocycles. The fourth-order valence-electron chi connectivity index (χ4n) is 11.5. The third-order valence-corrected chi connectivity index (χ3v) is 19.8. The van der Waals surface area contributed by atoms with Crippen LogP contribution >= 0.6 is 15.6 Å². The van der Waals surface area contributed by atoms with Crippen LogP contribution in [-0.4, -0.2) is 96.7 Å². The van der Waals surface area contributed by atoms with Crippen LogP contribution in [0.1, 0.15) is 387 Å². The maximum atomic E-state index is 13.1. The molecule has 0 radical (unpaired) electrons. The molecular formula is C83H152O17P2. The second-order valence-corrected chi connectivity index (χ2v) is 31.0. The summed E-state index contributed by atoms with van der Waals surface area (Å²) in [6.45, 7) is 4.88. The van der Waals surface area contributed by atoms with E-state index >= 15 is 0 Å². The van der Waals surface area contributed by atoms with Crippen molar-refractivity contribution in [3.8, 4) is 0 Å². The Morgan fingerprint density at radius 1 is 0.275 bits per heavy atom. The number of carbonyl (C=O) groups is 4. The summed E-state index contributed by atoms with van der Waals surface area (Å²) >= 11 is 0. The minimum absolute atomic E-state index is 0.0818. The minimum Gasteiger partial charge on any atom is -0.462 e. The maximum Gasteiger partial charge on any atom is 0.472 e. The van der Waals surface area contributed by atoms with E-state index in [0.29, 0.717) is 25.7 Å². The van der Waals surface area contributed by atoms with Gasteiger partial charge in [-0.1, -0.05) is 288 Å². The highest BCUT2D eigenvalue weighted by atomic mass is 31.2. The second-order valence-electron chi connectivity index (χ2n) is 28.1. The molecule has 0 aliphatic carbocycles. The smallest absolute Gasteiger partial charge is 0.462 e. The molecule has 0 aliphatic heterocycles. The normalized spacial score (nSPS) is 14.1. The summed E-state index contributed by atoms with van der Waals surface area (Å²) in [6, 6.07) is 0. The molecule has 17 nitrogen and oxygen atoms in total. The van der Waals surface area contributed by atoms with Crippen LogP contribution in [-0.2, 0) is 65.4 Å². The first-order chi connectivity index (χ1) is 49.7. The van der Waals surface area contributed by atoms with Crippen LogP contribution in [0, 0.1) is 0 Å². The Balaban J connectivity index is 5.35. The summed E-state index contributed by atoms with van der Waals surface area (Å²) in [7, 11) is -9.95. The Hall–Kier alpha value is -3.24. The minimum atomic E-state index is -4.98. The topological polar surface area (TPSA) is 237 Å². The van der Waals surface area contributed by atoms with E-state index in [2.05, 4.69) is 88.5 Å². The van der Waals surface area contributed by atoms with Gasteiger partial charge in [0.2, 0.25) is 0 Å². The molecule has 0 amide bonds. The van der Waals surface area contributed by atoms with Gasteiger partial charge in [0.05, 0.1) is 26.4 Å². The van der Waals surface area contributed by atoms with Crippen molar-refractivity contribution in [2.45, 2.75) is 406 Å². The molecule has 596 valence electrons. The van der Waals surface area contributed by atoms with E-state index in [0.717, 1.165) is 154 Å². The molecule has 0 aromatic rings. The number of unbranched alkanes of at least 4 members (excludes halogenated alkanes) is 43. The van der Waals surface area contributed by atoms with Crippen LogP contribution in [0.3, 0.4) is 0 Å². The predicted molar refractivity (Wildman–Crippen MR) is 418 cm³/mol. The van der Waals surface area contributed by atoms with Crippen molar-refractivity contribution in [3.63, 3.8) is 0 Å². The number of hydrogen-bond acceptors (Lipinski definition) is 15. The molecule has 0 saturated heterocycles.